The molecule has 0 heterocycles. The molecule has 4 aromatic carbocycles. The molecule has 0 aliphatic heterocycles. The summed E-state index contributed by atoms with van der Waals surface area (Å²) in [6.45, 7) is 13.9. The summed E-state index contributed by atoms with van der Waals surface area (Å²) in [6.07, 6.45) is 12.2. The Labute approximate surface area is 256 Å². The molecule has 1 aliphatic rings. The highest BCUT2D eigenvalue weighted by molar-refractivity contribution is 7.16. The molecule has 1 heteroatoms. The van der Waals surface area contributed by atoms with E-state index in [9.17, 15) is 0 Å². The van der Waals surface area contributed by atoms with Crippen molar-refractivity contribution in [2.24, 2.45) is 0 Å². The van der Waals surface area contributed by atoms with E-state index >= 15 is 0 Å². The van der Waals surface area contributed by atoms with Gasteiger partial charge >= 0.3 is 0 Å². The Kier molecular flexibility index (Phi) is 9.49. The molecule has 0 amide bonds. The normalized spacial score (nSPS) is 13.3. The zero-order valence-corrected chi connectivity index (χ0v) is 27.7. The Balaban J connectivity index is 2.03. The Bertz CT molecular complexity index is 1400. The minimum absolute atomic E-state index is 1.00. The molecule has 5 rings (SSSR count). The number of rotatable bonds is 11. The summed E-state index contributed by atoms with van der Waals surface area (Å²) in [4.78, 5) is 0. The highest BCUT2D eigenvalue weighted by Gasteiger charge is 2.45. The van der Waals surface area contributed by atoms with Crippen molar-refractivity contribution < 1.29 is 0 Å². The lowest BCUT2D eigenvalue weighted by atomic mass is 10.1. The van der Waals surface area contributed by atoms with E-state index in [1.165, 1.54) is 44.5 Å². The predicted molar refractivity (Wildman–Crippen MR) is 187 cm³/mol. The second kappa shape index (κ2) is 13.3. The van der Waals surface area contributed by atoms with Gasteiger partial charge in [0.1, 0.15) is 0 Å². The van der Waals surface area contributed by atoms with Crippen LogP contribution in [0.4, 0.5) is 0 Å². The van der Waals surface area contributed by atoms with Gasteiger partial charge in [-0.25, -0.2) is 0 Å². The van der Waals surface area contributed by atoms with Gasteiger partial charge in [0.05, 0.1) is 0 Å². The average Bonchev–Trinajstić information content (AvgIpc) is 3.55. The largest absolute Gasteiger partial charge is 0.176 e. The summed E-state index contributed by atoms with van der Waals surface area (Å²) >= 11 is 0. The molecule has 0 N–H and O–H groups in total. The SMILES string of the molecule is CCc1cc(CC)cc([Si](C2=C(c3ccccc3)C=CC2)(c2cc(CC)cc(CC)c2)c2cc(CC)cc(CC)c2)c1. The van der Waals surface area contributed by atoms with E-state index < -0.39 is 8.07 Å². The monoisotopic (exact) mass is 568 g/mol. The fourth-order valence-electron chi connectivity index (χ4n) is 6.93. The molecule has 0 nitrogen and oxygen atoms in total. The lowest BCUT2D eigenvalue weighted by Crippen LogP contribution is -2.69. The zero-order chi connectivity index (χ0) is 29.7. The first-order valence-corrected chi connectivity index (χ1v) is 18.4. The van der Waals surface area contributed by atoms with Crippen LogP contribution in [0.15, 0.2) is 102 Å². The van der Waals surface area contributed by atoms with E-state index in [4.69, 9.17) is 0 Å². The molecule has 216 valence electrons. The summed E-state index contributed by atoms with van der Waals surface area (Å²) in [6, 6.07) is 34.0. The van der Waals surface area contributed by atoms with Gasteiger partial charge in [-0.3, -0.25) is 0 Å². The summed E-state index contributed by atoms with van der Waals surface area (Å²) in [5.74, 6) is 0. The van der Waals surface area contributed by atoms with Crippen molar-refractivity contribution in [3.05, 3.63) is 141 Å². The van der Waals surface area contributed by atoms with Gasteiger partial charge in [-0.15, -0.1) is 0 Å². The van der Waals surface area contributed by atoms with Crippen LogP contribution in [0.2, 0.25) is 0 Å². The van der Waals surface area contributed by atoms with Gasteiger partial charge in [0.15, 0.2) is 8.07 Å². The maximum atomic E-state index is 2.59. The molecule has 4 aromatic rings. The molecule has 0 unspecified atom stereocenters. The minimum Gasteiger partial charge on any atom is -0.0802 e. The van der Waals surface area contributed by atoms with Crippen molar-refractivity contribution in [1.29, 1.82) is 0 Å². The highest BCUT2D eigenvalue weighted by atomic mass is 28.3. The van der Waals surface area contributed by atoms with Crippen molar-refractivity contribution in [3.8, 4) is 0 Å². The van der Waals surface area contributed by atoms with Crippen LogP contribution in [0.1, 0.15) is 86.9 Å². The molecule has 0 aromatic heterocycles. The lowest BCUT2D eigenvalue weighted by molar-refractivity contribution is 1.09. The van der Waals surface area contributed by atoms with E-state index in [0.717, 1.165) is 44.9 Å². The zero-order valence-electron chi connectivity index (χ0n) is 26.7. The van der Waals surface area contributed by atoms with Gasteiger partial charge in [0, 0.05) is 0 Å². The van der Waals surface area contributed by atoms with E-state index in [0.29, 0.717) is 0 Å². The predicted octanol–water partition coefficient (Wildman–Crippen LogP) is 8.48. The number of allylic oxidation sites excluding steroid dienone is 4. The van der Waals surface area contributed by atoms with Gasteiger partial charge in [0.25, 0.3) is 0 Å². The van der Waals surface area contributed by atoms with Crippen molar-refractivity contribution >= 4 is 29.2 Å². The van der Waals surface area contributed by atoms with Crippen LogP contribution in [0.25, 0.3) is 5.57 Å². The van der Waals surface area contributed by atoms with Gasteiger partial charge in [-0.2, -0.15) is 0 Å². The molecule has 1 aliphatic carbocycles. The Morgan fingerprint density at radius 3 is 1.17 bits per heavy atom. The molecule has 0 saturated carbocycles. The first-order chi connectivity index (χ1) is 20.5. The van der Waals surface area contributed by atoms with Crippen LogP contribution in [0.5, 0.6) is 0 Å². The van der Waals surface area contributed by atoms with Gasteiger partial charge in [-0.1, -0.05) is 144 Å². The first-order valence-electron chi connectivity index (χ1n) is 16.4. The van der Waals surface area contributed by atoms with E-state index in [1.807, 2.05) is 0 Å². The Hall–Kier alpha value is -3.42. The van der Waals surface area contributed by atoms with Crippen molar-refractivity contribution in [2.45, 2.75) is 86.5 Å². The van der Waals surface area contributed by atoms with Crippen LogP contribution in [-0.4, -0.2) is 8.07 Å². The third kappa shape index (κ3) is 5.64. The van der Waals surface area contributed by atoms with E-state index in [2.05, 4.69) is 139 Å². The third-order valence-electron chi connectivity index (χ3n) is 9.38. The molecular weight excluding hydrogens is 521 g/mol. The summed E-state index contributed by atoms with van der Waals surface area (Å²) < 4.78 is 0. The fraction of sp³-hybridized carbons (Fsp3) is 0.317. The van der Waals surface area contributed by atoms with Crippen LogP contribution in [-0.2, 0) is 38.5 Å². The molecule has 0 saturated heterocycles. The molecule has 0 atom stereocenters. The maximum Gasteiger partial charge on any atom is 0.176 e. The van der Waals surface area contributed by atoms with Crippen LogP contribution in [0.3, 0.4) is 0 Å². The molecule has 0 fully saturated rings. The van der Waals surface area contributed by atoms with Crippen molar-refractivity contribution in [3.63, 3.8) is 0 Å². The summed E-state index contributed by atoms with van der Waals surface area (Å²) in [7, 11) is -2.71. The fourth-order valence-corrected chi connectivity index (χ4v) is 12.4. The van der Waals surface area contributed by atoms with E-state index in [-0.39, 0.29) is 0 Å². The van der Waals surface area contributed by atoms with Gasteiger partial charge in [0.2, 0.25) is 0 Å². The molecular formula is C41H48Si. The minimum atomic E-state index is -2.71. The van der Waals surface area contributed by atoms with Crippen molar-refractivity contribution in [2.75, 3.05) is 0 Å². The van der Waals surface area contributed by atoms with Gasteiger partial charge in [-0.05, 0) is 105 Å². The van der Waals surface area contributed by atoms with Gasteiger partial charge < -0.3 is 0 Å². The molecule has 0 bridgehead atoms. The van der Waals surface area contributed by atoms with E-state index in [1.54, 1.807) is 20.8 Å². The molecule has 42 heavy (non-hydrogen) atoms. The second-order valence-electron chi connectivity index (χ2n) is 11.9. The molecule has 0 radical (unpaired) electrons. The smallest absolute Gasteiger partial charge is 0.0802 e. The molecule has 0 spiro atoms. The van der Waals surface area contributed by atoms with Crippen LogP contribution >= 0.6 is 0 Å². The number of aryl methyl sites for hydroxylation is 6. The van der Waals surface area contributed by atoms with Crippen LogP contribution < -0.4 is 15.6 Å². The Morgan fingerprint density at radius 2 is 0.833 bits per heavy atom. The maximum absolute atomic E-state index is 2.71. The summed E-state index contributed by atoms with van der Waals surface area (Å²) in [5, 5.41) is 6.29. The second-order valence-corrected chi connectivity index (χ2v) is 15.7. The quantitative estimate of drug-likeness (QED) is 0.126. The summed E-state index contributed by atoms with van der Waals surface area (Å²) in [5.41, 5.74) is 11.5. The third-order valence-corrected chi connectivity index (χ3v) is 14.2. The Morgan fingerprint density at radius 1 is 0.476 bits per heavy atom. The average molecular weight is 569 g/mol. The van der Waals surface area contributed by atoms with Crippen molar-refractivity contribution in [1.82, 2.24) is 0 Å². The first kappa shape index (κ1) is 30.0. The number of benzene rings is 4. The van der Waals surface area contributed by atoms with Crippen LogP contribution in [0, 0.1) is 0 Å². The standard InChI is InChI=1S/C41H48Si/c1-7-30-21-31(8-2)25-37(24-30)42(38-26-32(9-3)22-33(10-4)27-38,39-28-34(11-5)23-35(12-6)29-39)41-20-16-19-40(41)36-17-14-13-15-18-36/h13-19,21-29H,7-12,20H2,1-6H3. The topological polar surface area (TPSA) is 0 Å². The highest BCUT2D eigenvalue weighted by Crippen LogP contribution is 2.35. The lowest BCUT2D eigenvalue weighted by Gasteiger charge is -2.38. The number of hydrogen-bond donors (Lipinski definition) is 0. The number of hydrogen-bond acceptors (Lipinski definition) is 0.